The maximum absolute atomic E-state index is 12.9. The molecule has 0 aromatic heterocycles. The maximum atomic E-state index is 12.9. The molecule has 2 N–H and O–H groups in total. The summed E-state index contributed by atoms with van der Waals surface area (Å²) >= 11 is 0. The van der Waals surface area contributed by atoms with Gasteiger partial charge in [-0.05, 0) is 42.5 Å². The van der Waals surface area contributed by atoms with E-state index in [1.165, 1.54) is 18.2 Å². The predicted molar refractivity (Wildman–Crippen MR) is 109 cm³/mol. The zero-order valence-electron chi connectivity index (χ0n) is 16.4. The van der Waals surface area contributed by atoms with Gasteiger partial charge >= 0.3 is 22.5 Å². The molecule has 0 bridgehead atoms. The second-order valence-electron chi connectivity index (χ2n) is 6.75. The van der Waals surface area contributed by atoms with E-state index >= 15 is 0 Å². The SMILES string of the molecule is O=C(Nc1ccc(F)cc1)ON=C1CCN(S(=O)(=O)Nc2cccc(C(F)(F)F)c2)CC1. The highest BCUT2D eigenvalue weighted by Gasteiger charge is 2.31. The Hall–Kier alpha value is -3.19. The first kappa shape index (κ1) is 23.5. The molecule has 2 aromatic rings. The first-order valence-corrected chi connectivity index (χ1v) is 10.7. The number of alkyl halides is 3. The van der Waals surface area contributed by atoms with Crippen molar-refractivity contribution in [3.63, 3.8) is 0 Å². The monoisotopic (exact) mass is 474 g/mol. The van der Waals surface area contributed by atoms with Crippen molar-refractivity contribution in [2.24, 2.45) is 5.16 Å². The third kappa shape index (κ3) is 6.40. The van der Waals surface area contributed by atoms with Crippen molar-refractivity contribution in [3.05, 3.63) is 59.9 Å². The van der Waals surface area contributed by atoms with Crippen LogP contribution in [0.25, 0.3) is 0 Å². The van der Waals surface area contributed by atoms with Gasteiger partial charge in [-0.15, -0.1) is 0 Å². The number of anilines is 2. The summed E-state index contributed by atoms with van der Waals surface area (Å²) in [5, 5.41) is 6.05. The van der Waals surface area contributed by atoms with E-state index in [1.54, 1.807) is 0 Å². The van der Waals surface area contributed by atoms with Crippen LogP contribution < -0.4 is 10.0 Å². The van der Waals surface area contributed by atoms with E-state index in [2.05, 4.69) is 15.2 Å². The predicted octanol–water partition coefficient (Wildman–Crippen LogP) is 4.20. The number of hydrogen-bond donors (Lipinski definition) is 2. The minimum absolute atomic E-state index is 0.00390. The molecule has 1 aliphatic rings. The van der Waals surface area contributed by atoms with Gasteiger partial charge in [0.1, 0.15) is 5.82 Å². The standard InChI is InChI=1S/C19H18F4N4O4S/c20-14-4-6-15(7-5-14)24-18(28)31-25-16-8-10-27(11-9-16)32(29,30)26-17-3-1-2-13(12-17)19(21,22)23/h1-7,12,26H,8-11H2,(H,24,28). The Bertz CT molecular complexity index is 1100. The number of nitrogens with one attached hydrogen (secondary N) is 2. The van der Waals surface area contributed by atoms with E-state index in [1.807, 2.05) is 0 Å². The van der Waals surface area contributed by atoms with Crippen LogP contribution in [-0.4, -0.2) is 37.6 Å². The zero-order valence-corrected chi connectivity index (χ0v) is 17.2. The van der Waals surface area contributed by atoms with Crippen molar-refractivity contribution in [2.75, 3.05) is 23.1 Å². The van der Waals surface area contributed by atoms with Gasteiger partial charge < -0.3 is 0 Å². The van der Waals surface area contributed by atoms with Crippen LogP contribution in [0.4, 0.5) is 33.7 Å². The van der Waals surface area contributed by atoms with Gasteiger partial charge in [-0.25, -0.2) is 9.18 Å². The topological polar surface area (TPSA) is 100 Å². The van der Waals surface area contributed by atoms with E-state index < -0.39 is 33.9 Å². The van der Waals surface area contributed by atoms with Crippen LogP contribution in [0.2, 0.25) is 0 Å². The molecule has 2 aromatic carbocycles. The average molecular weight is 474 g/mol. The van der Waals surface area contributed by atoms with Crippen molar-refractivity contribution in [2.45, 2.75) is 19.0 Å². The first-order chi connectivity index (χ1) is 15.0. The molecular weight excluding hydrogens is 456 g/mol. The fraction of sp³-hybridized carbons (Fsp3) is 0.263. The number of carbonyl (C=O) groups is 1. The number of nitrogens with zero attached hydrogens (tertiary/aromatic N) is 2. The summed E-state index contributed by atoms with van der Waals surface area (Å²) < 4.78 is 79.5. The highest BCUT2D eigenvalue weighted by molar-refractivity contribution is 7.90. The number of benzene rings is 2. The normalized spacial score (nSPS) is 15.2. The molecule has 13 heteroatoms. The molecule has 0 saturated carbocycles. The smallest absolute Gasteiger partial charge is 0.298 e. The molecule has 0 spiro atoms. The minimum atomic E-state index is -4.60. The summed E-state index contributed by atoms with van der Waals surface area (Å²) in [6.07, 6.45) is -5.17. The highest BCUT2D eigenvalue weighted by atomic mass is 32.2. The maximum Gasteiger partial charge on any atom is 0.437 e. The first-order valence-electron chi connectivity index (χ1n) is 9.27. The lowest BCUT2D eigenvalue weighted by Gasteiger charge is -2.27. The lowest BCUT2D eigenvalue weighted by molar-refractivity contribution is -0.137. The van der Waals surface area contributed by atoms with Gasteiger partial charge in [-0.3, -0.25) is 14.9 Å². The van der Waals surface area contributed by atoms with Crippen LogP contribution in [0.15, 0.2) is 53.7 Å². The second-order valence-corrected chi connectivity index (χ2v) is 8.42. The number of hydrogen-bond acceptors (Lipinski definition) is 5. The van der Waals surface area contributed by atoms with Crippen LogP contribution in [0, 0.1) is 5.82 Å². The van der Waals surface area contributed by atoms with Crippen molar-refractivity contribution >= 4 is 33.4 Å². The van der Waals surface area contributed by atoms with Crippen LogP contribution in [0.1, 0.15) is 18.4 Å². The van der Waals surface area contributed by atoms with Crippen LogP contribution in [0.3, 0.4) is 0 Å². The van der Waals surface area contributed by atoms with Gasteiger partial charge in [0.2, 0.25) is 0 Å². The van der Waals surface area contributed by atoms with E-state index in [4.69, 9.17) is 4.84 Å². The van der Waals surface area contributed by atoms with Crippen LogP contribution in [-0.2, 0) is 21.2 Å². The Labute approximate surface area is 181 Å². The fourth-order valence-corrected chi connectivity index (χ4v) is 4.05. The Morgan fingerprint density at radius 1 is 1.03 bits per heavy atom. The summed E-state index contributed by atoms with van der Waals surface area (Å²) in [5.74, 6) is -0.464. The fourth-order valence-electron chi connectivity index (χ4n) is 2.83. The summed E-state index contributed by atoms with van der Waals surface area (Å²) in [5.41, 5.74) is -0.440. The van der Waals surface area contributed by atoms with Crippen LogP contribution in [0.5, 0.6) is 0 Å². The van der Waals surface area contributed by atoms with Crippen molar-refractivity contribution < 1.29 is 35.6 Å². The van der Waals surface area contributed by atoms with Gasteiger partial charge in [0.05, 0.1) is 17.0 Å². The van der Waals surface area contributed by atoms with Gasteiger partial charge in [-0.1, -0.05) is 11.2 Å². The van der Waals surface area contributed by atoms with Crippen LogP contribution >= 0.6 is 0 Å². The number of rotatable bonds is 5. The Morgan fingerprint density at radius 3 is 2.31 bits per heavy atom. The number of carbonyl (C=O) groups excluding carboxylic acids is 1. The zero-order chi connectivity index (χ0) is 23.4. The molecule has 32 heavy (non-hydrogen) atoms. The molecule has 0 unspecified atom stereocenters. The minimum Gasteiger partial charge on any atom is -0.298 e. The van der Waals surface area contributed by atoms with Crippen molar-refractivity contribution in [1.82, 2.24) is 4.31 Å². The second kappa shape index (κ2) is 9.53. The Balaban J connectivity index is 1.53. The van der Waals surface area contributed by atoms with E-state index in [-0.39, 0.29) is 31.6 Å². The molecule has 3 rings (SSSR count). The number of oxime groups is 1. The Morgan fingerprint density at radius 2 is 1.69 bits per heavy atom. The lowest BCUT2D eigenvalue weighted by Crippen LogP contribution is -2.41. The number of amides is 1. The third-order valence-corrected chi connectivity index (χ3v) is 5.96. The van der Waals surface area contributed by atoms with Gasteiger partial charge in [0.25, 0.3) is 0 Å². The van der Waals surface area contributed by atoms with Crippen molar-refractivity contribution in [1.29, 1.82) is 0 Å². The molecule has 1 heterocycles. The van der Waals surface area contributed by atoms with Gasteiger partial charge in [0, 0.05) is 31.6 Å². The summed E-state index contributed by atoms with van der Waals surface area (Å²) in [7, 11) is -4.09. The number of piperidine rings is 1. The lowest BCUT2D eigenvalue weighted by atomic mass is 10.1. The van der Waals surface area contributed by atoms with Gasteiger partial charge in [0.15, 0.2) is 0 Å². The summed E-state index contributed by atoms with van der Waals surface area (Å²) in [4.78, 5) is 16.5. The molecule has 1 amide bonds. The van der Waals surface area contributed by atoms with E-state index in [9.17, 15) is 30.8 Å². The van der Waals surface area contributed by atoms with Crippen molar-refractivity contribution in [3.8, 4) is 0 Å². The summed E-state index contributed by atoms with van der Waals surface area (Å²) in [6.45, 7) is -0.00780. The quantitative estimate of drug-likeness (QED) is 0.385. The molecule has 172 valence electrons. The molecule has 0 aliphatic carbocycles. The van der Waals surface area contributed by atoms with Gasteiger partial charge in [-0.2, -0.15) is 25.9 Å². The molecule has 0 radical (unpaired) electrons. The van der Waals surface area contributed by atoms with E-state index in [0.717, 1.165) is 28.6 Å². The third-order valence-electron chi connectivity index (χ3n) is 4.42. The molecule has 8 nitrogen and oxygen atoms in total. The Kier molecular flexibility index (Phi) is 6.99. The molecule has 0 atom stereocenters. The van der Waals surface area contributed by atoms with E-state index in [0.29, 0.717) is 17.5 Å². The largest absolute Gasteiger partial charge is 0.437 e. The highest BCUT2D eigenvalue weighted by Crippen LogP contribution is 2.31. The number of halogens is 4. The average Bonchev–Trinajstić information content (AvgIpc) is 2.73. The molecule has 1 saturated heterocycles. The molecular formula is C19H18F4N4O4S. The molecule has 1 fully saturated rings. The molecule has 1 aliphatic heterocycles. The summed E-state index contributed by atoms with van der Waals surface area (Å²) in [6, 6.07) is 8.87.